The molecule has 0 N–H and O–H groups in total. The lowest BCUT2D eigenvalue weighted by atomic mass is 10.1. The molecule has 0 bridgehead atoms. The van der Waals surface area contributed by atoms with E-state index in [2.05, 4.69) is 0 Å². The van der Waals surface area contributed by atoms with Gasteiger partial charge in [0.05, 0.1) is 33.6 Å². The number of hydrogen-bond acceptors (Lipinski definition) is 5. The highest BCUT2D eigenvalue weighted by Crippen LogP contribution is 2.38. The predicted octanol–water partition coefficient (Wildman–Crippen LogP) is 5.58. The van der Waals surface area contributed by atoms with Crippen molar-refractivity contribution in [3.05, 3.63) is 62.1 Å². The molecule has 148 valence electrons. The van der Waals surface area contributed by atoms with E-state index in [0.29, 0.717) is 25.8 Å². The maximum atomic E-state index is 12.1. The Morgan fingerprint density at radius 1 is 1.00 bits per heavy atom. The molecule has 4 nitrogen and oxygen atoms in total. The first kappa shape index (κ1) is 20.6. The number of nitrogens with zero attached hydrogens (tertiary/aromatic N) is 2. The SMILES string of the molecule is O=S1(=O)C[C@@H]2N=C(SCc3ccc(Cl)c(Cl)c3)N(c3cc(Cl)cc(Cl)c3)[C@H]2C1. The second-order valence-electron chi connectivity index (χ2n) is 6.66. The van der Waals surface area contributed by atoms with Crippen molar-refractivity contribution in [1.82, 2.24) is 0 Å². The quantitative estimate of drug-likeness (QED) is 0.558. The number of halogens is 4. The van der Waals surface area contributed by atoms with Crippen molar-refractivity contribution in [3.63, 3.8) is 0 Å². The minimum Gasteiger partial charge on any atom is -0.315 e. The molecule has 1 fully saturated rings. The summed E-state index contributed by atoms with van der Waals surface area (Å²) in [5.41, 5.74) is 1.73. The monoisotopic (exact) mass is 494 g/mol. The minimum absolute atomic E-state index is 0.0549. The van der Waals surface area contributed by atoms with E-state index >= 15 is 0 Å². The average molecular weight is 496 g/mol. The number of benzene rings is 2. The topological polar surface area (TPSA) is 49.7 Å². The number of fused-ring (bicyclic) bond motifs is 1. The van der Waals surface area contributed by atoms with E-state index in [1.54, 1.807) is 24.3 Å². The third-order valence-electron chi connectivity index (χ3n) is 4.58. The van der Waals surface area contributed by atoms with E-state index in [4.69, 9.17) is 51.4 Å². The molecule has 0 aliphatic carbocycles. The largest absolute Gasteiger partial charge is 0.315 e. The lowest BCUT2D eigenvalue weighted by molar-refractivity contribution is 0.601. The number of thioether (sulfide) groups is 1. The molecule has 4 rings (SSSR count). The molecule has 0 aromatic heterocycles. The first-order chi connectivity index (χ1) is 13.2. The van der Waals surface area contributed by atoms with Crippen LogP contribution in [0.2, 0.25) is 20.1 Å². The van der Waals surface area contributed by atoms with Crippen LogP contribution in [0.3, 0.4) is 0 Å². The highest BCUT2D eigenvalue weighted by atomic mass is 35.5. The van der Waals surface area contributed by atoms with E-state index in [9.17, 15) is 8.42 Å². The second-order valence-corrected chi connectivity index (χ2v) is 11.4. The number of sulfone groups is 1. The summed E-state index contributed by atoms with van der Waals surface area (Å²) in [6, 6.07) is 10.1. The standard InChI is InChI=1S/C18H14Cl4N2O2S2/c19-11-4-12(20)6-13(5-11)24-17-9-28(25,26)8-16(17)23-18(24)27-7-10-1-2-14(21)15(22)3-10/h1-6,16-17H,7-9H2/t16-,17-/m0/s1. The van der Waals surface area contributed by atoms with E-state index in [1.807, 2.05) is 17.0 Å². The van der Waals surface area contributed by atoms with Crippen LogP contribution in [0.1, 0.15) is 5.56 Å². The van der Waals surface area contributed by atoms with E-state index in [-0.39, 0.29) is 23.6 Å². The summed E-state index contributed by atoms with van der Waals surface area (Å²) in [6.07, 6.45) is 0. The zero-order valence-corrected chi connectivity index (χ0v) is 18.9. The Hall–Kier alpha value is -0.630. The van der Waals surface area contributed by atoms with Crippen LogP contribution < -0.4 is 4.90 Å². The molecular weight excluding hydrogens is 482 g/mol. The molecular formula is C18H14Cl4N2O2S2. The fraction of sp³-hybridized carbons (Fsp3) is 0.278. The first-order valence-electron chi connectivity index (χ1n) is 8.32. The molecule has 2 heterocycles. The lowest BCUT2D eigenvalue weighted by Crippen LogP contribution is -2.39. The van der Waals surface area contributed by atoms with Crippen LogP contribution in [0.5, 0.6) is 0 Å². The van der Waals surface area contributed by atoms with Gasteiger partial charge >= 0.3 is 0 Å². The zero-order chi connectivity index (χ0) is 20.1. The number of amidine groups is 1. The highest BCUT2D eigenvalue weighted by Gasteiger charge is 2.47. The van der Waals surface area contributed by atoms with Crippen molar-refractivity contribution < 1.29 is 8.42 Å². The van der Waals surface area contributed by atoms with Crippen LogP contribution in [0, 0.1) is 0 Å². The smallest absolute Gasteiger partial charge is 0.164 e. The van der Waals surface area contributed by atoms with Gasteiger partial charge < -0.3 is 4.90 Å². The average Bonchev–Trinajstić information content (AvgIpc) is 3.06. The van der Waals surface area contributed by atoms with Gasteiger partial charge in [-0.3, -0.25) is 4.99 Å². The Bertz CT molecular complexity index is 1060. The van der Waals surface area contributed by atoms with Gasteiger partial charge in [0, 0.05) is 21.5 Å². The van der Waals surface area contributed by atoms with Crippen molar-refractivity contribution in [1.29, 1.82) is 0 Å². The van der Waals surface area contributed by atoms with Crippen LogP contribution in [-0.2, 0) is 15.6 Å². The summed E-state index contributed by atoms with van der Waals surface area (Å²) in [4.78, 5) is 6.64. The highest BCUT2D eigenvalue weighted by molar-refractivity contribution is 8.13. The maximum absolute atomic E-state index is 12.1. The Morgan fingerprint density at radius 3 is 2.39 bits per heavy atom. The van der Waals surface area contributed by atoms with Crippen LogP contribution in [0.25, 0.3) is 0 Å². The summed E-state index contributed by atoms with van der Waals surface area (Å²) in [6.45, 7) is 0. The van der Waals surface area contributed by atoms with Crippen LogP contribution in [0.15, 0.2) is 41.4 Å². The van der Waals surface area contributed by atoms with Crippen molar-refractivity contribution in [2.45, 2.75) is 17.8 Å². The van der Waals surface area contributed by atoms with Crippen LogP contribution >= 0.6 is 58.2 Å². The Labute approximate surface area is 187 Å². The van der Waals surface area contributed by atoms with E-state index in [0.717, 1.165) is 16.4 Å². The van der Waals surface area contributed by atoms with Gasteiger partial charge in [-0.25, -0.2) is 8.42 Å². The van der Waals surface area contributed by atoms with E-state index < -0.39 is 9.84 Å². The molecule has 0 unspecified atom stereocenters. The van der Waals surface area contributed by atoms with Gasteiger partial charge in [0.25, 0.3) is 0 Å². The molecule has 0 radical (unpaired) electrons. The maximum Gasteiger partial charge on any atom is 0.164 e. The molecule has 2 aromatic rings. The summed E-state index contributed by atoms with van der Waals surface area (Å²) >= 11 is 26.0. The molecule has 0 amide bonds. The van der Waals surface area contributed by atoms with Crippen LogP contribution in [-0.4, -0.2) is 37.2 Å². The normalized spacial score (nSPS) is 23.0. The fourth-order valence-corrected chi connectivity index (χ4v) is 7.14. The van der Waals surface area contributed by atoms with Crippen molar-refractivity contribution in [3.8, 4) is 0 Å². The number of anilines is 1. The minimum atomic E-state index is -3.12. The molecule has 2 aromatic carbocycles. The second kappa shape index (κ2) is 7.89. The van der Waals surface area contributed by atoms with Crippen LogP contribution in [0.4, 0.5) is 5.69 Å². The van der Waals surface area contributed by atoms with Crippen molar-refractivity contribution >= 4 is 78.9 Å². The van der Waals surface area contributed by atoms with Crippen molar-refractivity contribution in [2.75, 3.05) is 16.4 Å². The summed E-state index contributed by atoms with van der Waals surface area (Å²) in [5.74, 6) is 0.730. The molecule has 2 aliphatic rings. The molecule has 1 saturated heterocycles. The molecule has 0 spiro atoms. The Kier molecular flexibility index (Phi) is 5.82. The van der Waals surface area contributed by atoms with Gasteiger partial charge in [0.15, 0.2) is 15.0 Å². The molecule has 10 heteroatoms. The third-order valence-corrected chi connectivity index (χ3v) is 8.50. The van der Waals surface area contributed by atoms with Gasteiger partial charge in [-0.05, 0) is 35.9 Å². The van der Waals surface area contributed by atoms with Gasteiger partial charge in [-0.2, -0.15) is 0 Å². The molecule has 0 saturated carbocycles. The Morgan fingerprint density at radius 2 is 1.71 bits per heavy atom. The van der Waals surface area contributed by atoms with Gasteiger partial charge in [0.2, 0.25) is 0 Å². The summed E-state index contributed by atoms with van der Waals surface area (Å²) in [7, 11) is -3.12. The lowest BCUT2D eigenvalue weighted by Gasteiger charge is -2.27. The summed E-state index contributed by atoms with van der Waals surface area (Å²) in [5, 5.41) is 2.72. The Balaban J connectivity index is 1.64. The first-order valence-corrected chi connectivity index (χ1v) is 12.6. The predicted molar refractivity (Wildman–Crippen MR) is 120 cm³/mol. The molecule has 2 atom stereocenters. The van der Waals surface area contributed by atoms with Crippen molar-refractivity contribution in [2.24, 2.45) is 4.99 Å². The number of aliphatic imine (C=N–C) groups is 1. The number of rotatable bonds is 3. The van der Waals surface area contributed by atoms with Gasteiger partial charge in [-0.15, -0.1) is 0 Å². The number of hydrogen-bond donors (Lipinski definition) is 0. The third kappa shape index (κ3) is 4.27. The molecule has 2 aliphatic heterocycles. The molecule has 28 heavy (non-hydrogen) atoms. The fourth-order valence-electron chi connectivity index (χ4n) is 3.39. The van der Waals surface area contributed by atoms with E-state index in [1.165, 1.54) is 11.8 Å². The van der Waals surface area contributed by atoms with Gasteiger partial charge in [-0.1, -0.05) is 64.2 Å². The summed E-state index contributed by atoms with van der Waals surface area (Å²) < 4.78 is 24.3. The zero-order valence-electron chi connectivity index (χ0n) is 14.3. The van der Waals surface area contributed by atoms with Gasteiger partial charge in [0.1, 0.15) is 0 Å².